The molecule has 1 heterocycles. The van der Waals surface area contributed by atoms with Crippen molar-refractivity contribution in [3.05, 3.63) is 45.4 Å². The fourth-order valence-electron chi connectivity index (χ4n) is 1.31. The van der Waals surface area contributed by atoms with Crippen molar-refractivity contribution in [3.8, 4) is 0 Å². The second kappa shape index (κ2) is 5.40. The largest absolute Gasteiger partial charge is 0.409 e. The van der Waals surface area contributed by atoms with Gasteiger partial charge in [-0.1, -0.05) is 21.1 Å². The average molecular weight is 374 g/mol. The number of halogens is 2. The van der Waals surface area contributed by atoms with E-state index in [2.05, 4.69) is 47.1 Å². The van der Waals surface area contributed by atoms with Crippen molar-refractivity contribution >= 4 is 43.5 Å². The van der Waals surface area contributed by atoms with E-state index in [0.717, 1.165) is 9.15 Å². The lowest BCUT2D eigenvalue weighted by molar-refractivity contribution is 0.105. The highest BCUT2D eigenvalue weighted by molar-refractivity contribution is 9.11. The summed E-state index contributed by atoms with van der Waals surface area (Å²) in [6, 6.07) is 5.05. The fourth-order valence-corrected chi connectivity index (χ4v) is 2.53. The van der Waals surface area contributed by atoms with E-state index in [1.54, 1.807) is 18.2 Å². The highest BCUT2D eigenvalue weighted by atomic mass is 79.9. The third-order valence-electron chi connectivity index (χ3n) is 2.11. The molecule has 0 fully saturated rings. The molecule has 2 aromatic rings. The number of carbonyl (C=O) groups excluding carboxylic acids is 1. The van der Waals surface area contributed by atoms with Gasteiger partial charge in [-0.2, -0.15) is 9.78 Å². The highest BCUT2D eigenvalue weighted by Gasteiger charge is 2.20. The molecule has 0 aliphatic rings. The zero-order valence-electron chi connectivity index (χ0n) is 8.79. The minimum atomic E-state index is -0.470. The number of aromatic nitrogens is 3. The van der Waals surface area contributed by atoms with E-state index in [1.165, 1.54) is 12.7 Å². The molecule has 1 aromatic heterocycles. The molecule has 92 valence electrons. The van der Waals surface area contributed by atoms with E-state index in [9.17, 15) is 4.79 Å². The van der Waals surface area contributed by atoms with Gasteiger partial charge in [-0.3, -0.25) is 4.79 Å². The number of ketones is 1. The highest BCUT2D eigenvalue weighted by Crippen LogP contribution is 2.22. The van der Waals surface area contributed by atoms with Gasteiger partial charge in [-0.25, -0.2) is 4.98 Å². The Morgan fingerprint density at radius 2 is 2.17 bits per heavy atom. The first kappa shape index (κ1) is 12.9. The molecule has 0 amide bonds. The zero-order valence-corrected chi connectivity index (χ0v) is 12.0. The predicted octanol–water partition coefficient (Wildman–Crippen LogP) is 2.32. The SMILES string of the molecule is O=C(C(=NO)n1cncn1)c1ccc(Br)cc1Br. The lowest BCUT2D eigenvalue weighted by Crippen LogP contribution is -2.24. The normalized spacial score (nSPS) is 11.6. The van der Waals surface area contributed by atoms with E-state index in [-0.39, 0.29) is 5.84 Å². The van der Waals surface area contributed by atoms with Crippen LogP contribution in [0.1, 0.15) is 10.4 Å². The van der Waals surface area contributed by atoms with E-state index in [1.807, 2.05) is 0 Å². The van der Waals surface area contributed by atoms with Gasteiger partial charge in [-0.15, -0.1) is 0 Å². The Morgan fingerprint density at radius 1 is 1.39 bits per heavy atom. The summed E-state index contributed by atoms with van der Waals surface area (Å²) < 4.78 is 2.51. The van der Waals surface area contributed by atoms with Gasteiger partial charge in [0.1, 0.15) is 12.7 Å². The number of Topliss-reactive ketones (excluding diaryl/α,β-unsaturated/α-hetero) is 1. The Balaban J connectivity index is 2.42. The smallest absolute Gasteiger partial charge is 0.242 e. The third kappa shape index (κ3) is 2.49. The maximum Gasteiger partial charge on any atom is 0.242 e. The number of rotatable bonds is 2. The molecule has 0 atom stereocenters. The summed E-state index contributed by atoms with van der Waals surface area (Å²) in [5.41, 5.74) is 0.363. The second-order valence-corrected chi connectivity index (χ2v) is 4.99. The lowest BCUT2D eigenvalue weighted by Gasteiger charge is -2.05. The molecule has 0 aliphatic carbocycles. The van der Waals surface area contributed by atoms with Gasteiger partial charge in [0.15, 0.2) is 0 Å². The number of carbonyl (C=O) groups is 1. The molecule has 0 aliphatic heterocycles. The van der Waals surface area contributed by atoms with Gasteiger partial charge >= 0.3 is 0 Å². The van der Waals surface area contributed by atoms with Crippen LogP contribution >= 0.6 is 31.9 Å². The molecule has 8 heteroatoms. The van der Waals surface area contributed by atoms with Crippen LogP contribution < -0.4 is 0 Å². The van der Waals surface area contributed by atoms with Gasteiger partial charge < -0.3 is 5.21 Å². The van der Waals surface area contributed by atoms with Crippen LogP contribution in [0.2, 0.25) is 0 Å². The fraction of sp³-hybridized carbons (Fsp3) is 0. The minimum Gasteiger partial charge on any atom is -0.409 e. The Kier molecular flexibility index (Phi) is 3.87. The van der Waals surface area contributed by atoms with Gasteiger partial charge in [0, 0.05) is 14.5 Å². The molecular formula is C10H6Br2N4O2. The molecule has 1 aromatic carbocycles. The third-order valence-corrected chi connectivity index (χ3v) is 3.26. The molecule has 2 rings (SSSR count). The second-order valence-electron chi connectivity index (χ2n) is 3.22. The molecular weight excluding hydrogens is 368 g/mol. The molecule has 1 N–H and O–H groups in total. The standard InChI is InChI=1S/C10H6Br2N4O2/c11-6-1-2-7(8(12)3-6)9(17)10(15-18)16-5-13-4-14-16/h1-5,18H. The maximum atomic E-state index is 12.2. The molecule has 0 radical (unpaired) electrons. The van der Waals surface area contributed by atoms with E-state index in [0.29, 0.717) is 10.0 Å². The minimum absolute atomic E-state index is 0.226. The summed E-state index contributed by atoms with van der Waals surface area (Å²) in [5, 5.41) is 15.6. The number of oxime groups is 1. The molecule has 0 saturated heterocycles. The van der Waals surface area contributed by atoms with Crippen molar-refractivity contribution in [1.82, 2.24) is 14.8 Å². The van der Waals surface area contributed by atoms with Crippen LogP contribution in [-0.4, -0.2) is 31.6 Å². The van der Waals surface area contributed by atoms with Gasteiger partial charge in [-0.05, 0) is 34.1 Å². The van der Waals surface area contributed by atoms with Crippen molar-refractivity contribution in [3.63, 3.8) is 0 Å². The molecule has 0 bridgehead atoms. The quantitative estimate of drug-likeness (QED) is 0.288. The summed E-state index contributed by atoms with van der Waals surface area (Å²) in [6.45, 7) is 0. The number of hydrogen-bond acceptors (Lipinski definition) is 5. The number of hydrogen-bond donors (Lipinski definition) is 1. The van der Waals surface area contributed by atoms with Gasteiger partial charge in [0.05, 0.1) is 0 Å². The summed E-state index contributed by atoms with van der Waals surface area (Å²) in [5.74, 6) is -0.696. The topological polar surface area (TPSA) is 80.4 Å². The Hall–Kier alpha value is -1.54. The van der Waals surface area contributed by atoms with Crippen molar-refractivity contribution in [1.29, 1.82) is 0 Å². The van der Waals surface area contributed by atoms with Crippen LogP contribution in [0.5, 0.6) is 0 Å². The number of benzene rings is 1. The summed E-state index contributed by atoms with van der Waals surface area (Å²) in [4.78, 5) is 15.9. The average Bonchev–Trinajstić information content (AvgIpc) is 2.83. The summed E-state index contributed by atoms with van der Waals surface area (Å²) in [7, 11) is 0. The van der Waals surface area contributed by atoms with Gasteiger partial charge in [0.25, 0.3) is 0 Å². The van der Waals surface area contributed by atoms with E-state index in [4.69, 9.17) is 5.21 Å². The van der Waals surface area contributed by atoms with E-state index < -0.39 is 5.78 Å². The van der Waals surface area contributed by atoms with Gasteiger partial charge in [0.2, 0.25) is 11.6 Å². The van der Waals surface area contributed by atoms with E-state index >= 15 is 0 Å². The van der Waals surface area contributed by atoms with Crippen LogP contribution in [0, 0.1) is 0 Å². The van der Waals surface area contributed by atoms with Crippen LogP contribution in [0.3, 0.4) is 0 Å². The Bertz CT molecular complexity index is 610. The summed E-state index contributed by atoms with van der Waals surface area (Å²) >= 11 is 6.57. The van der Waals surface area contributed by atoms with Crippen molar-refractivity contribution in [2.45, 2.75) is 0 Å². The Morgan fingerprint density at radius 3 is 2.72 bits per heavy atom. The first-order valence-electron chi connectivity index (χ1n) is 4.70. The maximum absolute atomic E-state index is 12.2. The first-order chi connectivity index (χ1) is 8.63. The first-order valence-corrected chi connectivity index (χ1v) is 6.29. The molecule has 0 unspecified atom stereocenters. The van der Waals surface area contributed by atoms with Crippen LogP contribution in [0.25, 0.3) is 0 Å². The van der Waals surface area contributed by atoms with Crippen molar-refractivity contribution in [2.24, 2.45) is 5.16 Å². The zero-order chi connectivity index (χ0) is 13.1. The van der Waals surface area contributed by atoms with Crippen LogP contribution in [-0.2, 0) is 0 Å². The molecule has 6 nitrogen and oxygen atoms in total. The van der Waals surface area contributed by atoms with Crippen molar-refractivity contribution < 1.29 is 10.0 Å². The van der Waals surface area contributed by atoms with Crippen LogP contribution in [0.4, 0.5) is 0 Å². The monoisotopic (exact) mass is 372 g/mol. The summed E-state index contributed by atoms with van der Waals surface area (Å²) in [6.07, 6.45) is 2.52. The van der Waals surface area contributed by atoms with Crippen LogP contribution in [0.15, 0.2) is 45.0 Å². The predicted molar refractivity (Wildman–Crippen MR) is 70.8 cm³/mol. The van der Waals surface area contributed by atoms with Crippen molar-refractivity contribution in [2.75, 3.05) is 0 Å². The Labute approximate surface area is 119 Å². The molecule has 18 heavy (non-hydrogen) atoms. The lowest BCUT2D eigenvalue weighted by atomic mass is 10.1. The molecule has 0 spiro atoms. The molecule has 0 saturated carbocycles. The number of nitrogens with zero attached hydrogens (tertiary/aromatic N) is 4.